The first-order valence-electron chi connectivity index (χ1n) is 10.7. The third kappa shape index (κ3) is 3.84. The van der Waals surface area contributed by atoms with Crippen LogP contribution >= 0.6 is 0 Å². The largest absolute Gasteiger partial charge is 0.439 e. The third-order valence-corrected chi connectivity index (χ3v) is 7.96. The van der Waals surface area contributed by atoms with E-state index >= 15 is 0 Å². The average Bonchev–Trinajstić information content (AvgIpc) is 3.48. The van der Waals surface area contributed by atoms with Gasteiger partial charge in [0.1, 0.15) is 17.4 Å². The maximum Gasteiger partial charge on any atom is 0.269 e. The number of aromatic nitrogens is 1. The molecule has 0 unspecified atom stereocenters. The second-order valence-electron chi connectivity index (χ2n) is 8.22. The van der Waals surface area contributed by atoms with Crippen molar-refractivity contribution in [3.63, 3.8) is 0 Å². The standard InChI is InChI=1S/C24H20FN3O5S/c1-15-13-16(4-10-20(15)25)17-5-11-23-21(14-17)26-24(33-23)22-3-2-12-27(22)34(31,32)19-8-6-18(7-9-19)28(29)30/h4-11,13-14,22H,2-3,12H2,1H3/t22-/m0/s1. The van der Waals surface area contributed by atoms with Crippen LogP contribution in [0.3, 0.4) is 0 Å². The number of sulfonamides is 1. The highest BCUT2D eigenvalue weighted by atomic mass is 32.2. The molecule has 0 saturated carbocycles. The molecule has 0 amide bonds. The van der Waals surface area contributed by atoms with Crippen LogP contribution in [0.1, 0.15) is 30.3 Å². The second kappa shape index (κ2) is 8.30. The number of nitrogens with zero attached hydrogens (tertiary/aromatic N) is 3. The molecule has 1 aliphatic rings. The summed E-state index contributed by atoms with van der Waals surface area (Å²) in [4.78, 5) is 14.9. The van der Waals surface area contributed by atoms with Gasteiger partial charge in [0.15, 0.2) is 5.58 Å². The van der Waals surface area contributed by atoms with Crippen LogP contribution in [0.5, 0.6) is 0 Å². The molecule has 1 aliphatic heterocycles. The van der Waals surface area contributed by atoms with Gasteiger partial charge in [-0.25, -0.2) is 17.8 Å². The Morgan fingerprint density at radius 1 is 1.09 bits per heavy atom. The molecule has 34 heavy (non-hydrogen) atoms. The molecule has 4 aromatic rings. The third-order valence-electron chi connectivity index (χ3n) is 6.04. The molecule has 0 bridgehead atoms. The molecule has 1 saturated heterocycles. The molecule has 0 radical (unpaired) electrons. The maximum absolute atomic E-state index is 13.6. The molecule has 0 aliphatic carbocycles. The summed E-state index contributed by atoms with van der Waals surface area (Å²) in [5.74, 6) is 0.0227. The molecule has 1 atom stereocenters. The summed E-state index contributed by atoms with van der Waals surface area (Å²) in [6, 6.07) is 14.6. The van der Waals surface area contributed by atoms with E-state index < -0.39 is 21.0 Å². The van der Waals surface area contributed by atoms with E-state index in [1.54, 1.807) is 25.1 Å². The normalized spacial score (nSPS) is 16.8. The van der Waals surface area contributed by atoms with Crippen molar-refractivity contribution in [3.8, 4) is 11.1 Å². The van der Waals surface area contributed by atoms with Gasteiger partial charge in [-0.3, -0.25) is 10.1 Å². The summed E-state index contributed by atoms with van der Waals surface area (Å²) in [5.41, 5.74) is 3.15. The topological polar surface area (TPSA) is 107 Å². The van der Waals surface area contributed by atoms with Gasteiger partial charge in [-0.15, -0.1) is 0 Å². The Morgan fingerprint density at radius 3 is 2.50 bits per heavy atom. The minimum Gasteiger partial charge on any atom is -0.439 e. The molecule has 10 heteroatoms. The Morgan fingerprint density at radius 2 is 1.79 bits per heavy atom. The number of hydrogen-bond donors (Lipinski definition) is 0. The summed E-state index contributed by atoms with van der Waals surface area (Å²) in [7, 11) is -3.90. The monoisotopic (exact) mass is 481 g/mol. The van der Waals surface area contributed by atoms with E-state index in [-0.39, 0.29) is 16.4 Å². The lowest BCUT2D eigenvalue weighted by molar-refractivity contribution is -0.384. The van der Waals surface area contributed by atoms with Crippen LogP contribution < -0.4 is 0 Å². The summed E-state index contributed by atoms with van der Waals surface area (Å²) < 4.78 is 47.4. The van der Waals surface area contributed by atoms with E-state index in [1.807, 2.05) is 12.1 Å². The lowest BCUT2D eigenvalue weighted by Crippen LogP contribution is -2.30. The molecule has 1 aromatic heterocycles. The van der Waals surface area contributed by atoms with Crippen molar-refractivity contribution in [2.24, 2.45) is 0 Å². The number of rotatable bonds is 5. The fraction of sp³-hybridized carbons (Fsp3) is 0.208. The number of nitro benzene ring substituents is 1. The van der Waals surface area contributed by atoms with Crippen molar-refractivity contribution in [1.82, 2.24) is 9.29 Å². The van der Waals surface area contributed by atoms with Crippen molar-refractivity contribution >= 4 is 26.8 Å². The van der Waals surface area contributed by atoms with Gasteiger partial charge in [0, 0.05) is 18.7 Å². The summed E-state index contributed by atoms with van der Waals surface area (Å²) in [5, 5.41) is 10.9. The number of halogens is 1. The Balaban J connectivity index is 1.47. The van der Waals surface area contributed by atoms with Crippen LogP contribution in [0.25, 0.3) is 22.2 Å². The van der Waals surface area contributed by atoms with E-state index in [2.05, 4.69) is 4.98 Å². The summed E-state index contributed by atoms with van der Waals surface area (Å²) >= 11 is 0. The molecule has 0 N–H and O–H groups in total. The van der Waals surface area contributed by atoms with Gasteiger partial charge in [-0.05, 0) is 72.9 Å². The molecule has 3 aromatic carbocycles. The highest BCUT2D eigenvalue weighted by Gasteiger charge is 2.39. The van der Waals surface area contributed by atoms with E-state index in [0.29, 0.717) is 41.9 Å². The van der Waals surface area contributed by atoms with Gasteiger partial charge in [-0.2, -0.15) is 4.31 Å². The zero-order chi connectivity index (χ0) is 24.0. The van der Waals surface area contributed by atoms with Crippen LogP contribution in [0.2, 0.25) is 0 Å². The molecular formula is C24H20FN3O5S. The number of non-ortho nitro benzene ring substituents is 1. The smallest absolute Gasteiger partial charge is 0.269 e. The van der Waals surface area contributed by atoms with Crippen LogP contribution in [0.4, 0.5) is 10.1 Å². The van der Waals surface area contributed by atoms with E-state index in [1.165, 1.54) is 34.6 Å². The van der Waals surface area contributed by atoms with Crippen molar-refractivity contribution < 1.29 is 22.1 Å². The zero-order valence-corrected chi connectivity index (χ0v) is 19.0. The van der Waals surface area contributed by atoms with Crippen molar-refractivity contribution in [2.75, 3.05) is 6.54 Å². The first kappa shape index (κ1) is 22.2. The predicted molar refractivity (Wildman–Crippen MR) is 123 cm³/mol. The first-order valence-corrected chi connectivity index (χ1v) is 12.1. The minimum atomic E-state index is -3.90. The number of fused-ring (bicyclic) bond motifs is 1. The highest BCUT2D eigenvalue weighted by Crippen LogP contribution is 2.38. The lowest BCUT2D eigenvalue weighted by atomic mass is 10.0. The van der Waals surface area contributed by atoms with Crippen molar-refractivity contribution in [3.05, 3.63) is 88.0 Å². The Kier molecular flexibility index (Phi) is 5.41. The first-order chi connectivity index (χ1) is 16.2. The van der Waals surface area contributed by atoms with Crippen molar-refractivity contribution in [1.29, 1.82) is 0 Å². The SMILES string of the molecule is Cc1cc(-c2ccc3oc([C@@H]4CCCN4S(=O)(=O)c4ccc([N+](=O)[O-])cc4)nc3c2)ccc1F. The molecule has 8 nitrogen and oxygen atoms in total. The Bertz CT molecular complexity index is 1520. The average molecular weight is 482 g/mol. The number of hydrogen-bond acceptors (Lipinski definition) is 6. The van der Waals surface area contributed by atoms with Gasteiger partial charge in [0.2, 0.25) is 15.9 Å². The molecule has 5 rings (SSSR count). The number of benzene rings is 3. The lowest BCUT2D eigenvalue weighted by Gasteiger charge is -2.21. The number of aryl methyl sites for hydroxylation is 1. The molecule has 0 spiro atoms. The zero-order valence-electron chi connectivity index (χ0n) is 18.1. The summed E-state index contributed by atoms with van der Waals surface area (Å²) in [6.07, 6.45) is 1.18. The molecule has 174 valence electrons. The van der Waals surface area contributed by atoms with Crippen LogP contribution in [-0.4, -0.2) is 29.2 Å². The molecular weight excluding hydrogens is 461 g/mol. The van der Waals surface area contributed by atoms with Crippen LogP contribution in [0.15, 0.2) is 70.0 Å². The van der Waals surface area contributed by atoms with E-state index in [0.717, 1.165) is 11.1 Å². The number of oxazole rings is 1. The van der Waals surface area contributed by atoms with Crippen LogP contribution in [-0.2, 0) is 10.0 Å². The van der Waals surface area contributed by atoms with E-state index in [9.17, 15) is 22.9 Å². The Hall–Kier alpha value is -3.63. The predicted octanol–water partition coefficient (Wildman–Crippen LogP) is 5.38. The van der Waals surface area contributed by atoms with Gasteiger partial charge in [0.05, 0.1) is 9.82 Å². The second-order valence-corrected chi connectivity index (χ2v) is 10.1. The maximum atomic E-state index is 13.6. The minimum absolute atomic E-state index is 0.0184. The van der Waals surface area contributed by atoms with Gasteiger partial charge < -0.3 is 4.42 Å². The fourth-order valence-corrected chi connectivity index (χ4v) is 5.89. The highest BCUT2D eigenvalue weighted by molar-refractivity contribution is 7.89. The summed E-state index contributed by atoms with van der Waals surface area (Å²) in [6.45, 7) is 1.99. The van der Waals surface area contributed by atoms with Gasteiger partial charge in [0.25, 0.3) is 5.69 Å². The molecule has 1 fully saturated rings. The van der Waals surface area contributed by atoms with Crippen molar-refractivity contribution in [2.45, 2.75) is 30.7 Å². The van der Waals surface area contributed by atoms with Gasteiger partial charge in [-0.1, -0.05) is 12.1 Å². The Labute approximate surface area is 194 Å². The van der Waals surface area contributed by atoms with Crippen LogP contribution in [0, 0.1) is 22.9 Å². The van der Waals surface area contributed by atoms with Gasteiger partial charge >= 0.3 is 0 Å². The number of nitro groups is 1. The van der Waals surface area contributed by atoms with E-state index in [4.69, 9.17) is 4.42 Å². The fourth-order valence-electron chi connectivity index (χ4n) is 4.24. The molecule has 2 heterocycles. The quantitative estimate of drug-likeness (QED) is 0.280.